The van der Waals surface area contributed by atoms with E-state index < -0.39 is 6.04 Å². The number of unbranched alkanes of at least 4 members (excludes halogenated alkanes) is 2. The molecule has 0 unspecified atom stereocenters. The van der Waals surface area contributed by atoms with E-state index in [9.17, 15) is 14.4 Å². The van der Waals surface area contributed by atoms with Crippen LogP contribution in [0.4, 0.5) is 5.69 Å². The average molecular weight is 817 g/mol. The van der Waals surface area contributed by atoms with Gasteiger partial charge in [-0.25, -0.2) is 0 Å². The number of nitrogens with one attached hydrogen (secondary N) is 3. The molecule has 7 heteroatoms. The summed E-state index contributed by atoms with van der Waals surface area (Å²) in [4.78, 5) is 42.3. The van der Waals surface area contributed by atoms with Gasteiger partial charge in [0.2, 0.25) is 17.7 Å². The lowest BCUT2D eigenvalue weighted by atomic mass is 10.1. The molecule has 1 aromatic heterocycles. The SMILES string of the molecule is CCC=CCC=CCC=CCC=CCC=CCC=CCCC(=O)NCCCC[C@H](NC(=O)CCCC=CCC=CCC=CCC=CCC=CCC)C(=O)Nc1ccncc1. The van der Waals surface area contributed by atoms with E-state index in [2.05, 4.69) is 168 Å². The molecule has 0 saturated heterocycles. The number of carbonyl (C=O) groups excluding carboxylic acids is 3. The van der Waals surface area contributed by atoms with Crippen LogP contribution in [0.5, 0.6) is 0 Å². The van der Waals surface area contributed by atoms with Crippen molar-refractivity contribution in [3.8, 4) is 0 Å². The summed E-state index contributed by atoms with van der Waals surface area (Å²) in [5.41, 5.74) is 0.631. The normalized spacial score (nSPS) is 13.2. The zero-order valence-electron chi connectivity index (χ0n) is 36.9. The Morgan fingerprint density at radius 3 is 1.37 bits per heavy atom. The Hall–Kier alpha value is -5.30. The van der Waals surface area contributed by atoms with Gasteiger partial charge >= 0.3 is 0 Å². The van der Waals surface area contributed by atoms with Crippen LogP contribution in [0.2, 0.25) is 0 Å². The van der Waals surface area contributed by atoms with Gasteiger partial charge in [0.25, 0.3) is 0 Å². The summed E-state index contributed by atoms with van der Waals surface area (Å²) < 4.78 is 0. The predicted octanol–water partition coefficient (Wildman–Crippen LogP) is 13.2. The second kappa shape index (κ2) is 41.8. The first-order valence-electron chi connectivity index (χ1n) is 22.5. The highest BCUT2D eigenvalue weighted by atomic mass is 16.2. The number of anilines is 1. The molecule has 0 radical (unpaired) electrons. The maximum atomic E-state index is 13.1. The van der Waals surface area contributed by atoms with Gasteiger partial charge in [0, 0.05) is 37.5 Å². The molecule has 60 heavy (non-hydrogen) atoms. The van der Waals surface area contributed by atoms with E-state index in [0.29, 0.717) is 57.2 Å². The molecule has 0 bridgehead atoms. The number of rotatable bonds is 35. The number of pyridine rings is 1. The molecular formula is C53H76N4O3. The first kappa shape index (κ1) is 52.7. The summed E-state index contributed by atoms with van der Waals surface area (Å²) >= 11 is 0. The van der Waals surface area contributed by atoms with Gasteiger partial charge in [0.05, 0.1) is 0 Å². The molecule has 0 fully saturated rings. The highest BCUT2D eigenvalue weighted by Crippen LogP contribution is 2.09. The Kier molecular flexibility index (Phi) is 36.8. The highest BCUT2D eigenvalue weighted by Gasteiger charge is 2.20. The number of hydrogen-bond donors (Lipinski definition) is 3. The minimum Gasteiger partial charge on any atom is -0.356 e. The molecule has 326 valence electrons. The van der Waals surface area contributed by atoms with Crippen LogP contribution in [0.3, 0.4) is 0 Å². The van der Waals surface area contributed by atoms with Crippen LogP contribution in [0.1, 0.15) is 136 Å². The van der Waals surface area contributed by atoms with Crippen molar-refractivity contribution in [2.75, 3.05) is 11.9 Å². The first-order chi connectivity index (χ1) is 29.6. The number of allylic oxidation sites excluding steroid dienone is 22. The molecule has 1 atom stereocenters. The standard InChI is InChI=1S/C53H76N4O3/c1-3-5-7-9-11-13-15-17-19-21-22-24-25-27-29-31-33-35-37-42-51(58)55-46-40-39-41-50(53(60)56-49-44-47-54-48-45-49)57-52(59)43-38-36-34-32-30-28-26-23-20-18-16-14-12-10-8-6-4-2/h5-8,11-14,17-20,22,24,26-29,32-35,44-45,47-48,50H,3-4,9-10,15-16,21,23,25,30-31,36-43,46H2,1-2H3,(H,55,58)(H,57,59)(H,54,56,60)/t50-/m0/s1. The molecule has 1 aromatic rings. The summed E-state index contributed by atoms with van der Waals surface area (Å²) in [7, 11) is 0. The molecule has 0 aliphatic rings. The Labute approximate surface area is 364 Å². The van der Waals surface area contributed by atoms with Gasteiger partial charge in [-0.15, -0.1) is 0 Å². The van der Waals surface area contributed by atoms with Crippen LogP contribution in [0.25, 0.3) is 0 Å². The van der Waals surface area contributed by atoms with Crippen molar-refractivity contribution in [2.45, 2.75) is 142 Å². The summed E-state index contributed by atoms with van der Waals surface area (Å²) in [5, 5.41) is 8.82. The Bertz CT molecular complexity index is 1570. The summed E-state index contributed by atoms with van der Waals surface area (Å²) in [6.07, 6.45) is 66.5. The lowest BCUT2D eigenvalue weighted by molar-refractivity contribution is -0.126. The average Bonchev–Trinajstić information content (AvgIpc) is 3.25. The largest absolute Gasteiger partial charge is 0.356 e. The number of hydrogen-bond acceptors (Lipinski definition) is 4. The van der Waals surface area contributed by atoms with Gasteiger partial charge in [-0.1, -0.05) is 148 Å². The van der Waals surface area contributed by atoms with Gasteiger partial charge < -0.3 is 16.0 Å². The van der Waals surface area contributed by atoms with Crippen LogP contribution < -0.4 is 16.0 Å². The summed E-state index contributed by atoms with van der Waals surface area (Å²) in [6, 6.07) is 2.78. The van der Waals surface area contributed by atoms with Gasteiger partial charge in [0.15, 0.2) is 0 Å². The highest BCUT2D eigenvalue weighted by molar-refractivity contribution is 5.97. The number of nitrogens with zero attached hydrogens (tertiary/aromatic N) is 1. The third-order valence-corrected chi connectivity index (χ3v) is 8.91. The van der Waals surface area contributed by atoms with Crippen LogP contribution >= 0.6 is 0 Å². The fraction of sp³-hybridized carbons (Fsp3) is 0.434. The molecular weight excluding hydrogens is 741 g/mol. The number of aromatic nitrogens is 1. The van der Waals surface area contributed by atoms with E-state index in [0.717, 1.165) is 77.0 Å². The smallest absolute Gasteiger partial charge is 0.246 e. The minimum absolute atomic E-state index is 0.0160. The third kappa shape index (κ3) is 35.8. The maximum absolute atomic E-state index is 13.1. The zero-order chi connectivity index (χ0) is 43.2. The van der Waals surface area contributed by atoms with Crippen molar-refractivity contribution in [1.82, 2.24) is 15.6 Å². The lowest BCUT2D eigenvalue weighted by Gasteiger charge is -2.18. The predicted molar refractivity (Wildman–Crippen MR) is 257 cm³/mol. The Balaban J connectivity index is 2.27. The molecule has 0 saturated carbocycles. The van der Waals surface area contributed by atoms with Gasteiger partial charge in [-0.3, -0.25) is 19.4 Å². The Morgan fingerprint density at radius 2 is 0.917 bits per heavy atom. The molecule has 0 spiro atoms. The van der Waals surface area contributed by atoms with Crippen molar-refractivity contribution in [3.05, 3.63) is 158 Å². The van der Waals surface area contributed by atoms with E-state index in [1.165, 1.54) is 0 Å². The van der Waals surface area contributed by atoms with Crippen molar-refractivity contribution in [1.29, 1.82) is 0 Å². The van der Waals surface area contributed by atoms with Crippen LogP contribution in [0.15, 0.2) is 158 Å². The van der Waals surface area contributed by atoms with Crippen molar-refractivity contribution >= 4 is 23.4 Å². The second-order valence-corrected chi connectivity index (χ2v) is 14.2. The van der Waals surface area contributed by atoms with Crippen LogP contribution in [-0.4, -0.2) is 35.3 Å². The summed E-state index contributed by atoms with van der Waals surface area (Å²) in [6.45, 7) is 4.82. The van der Waals surface area contributed by atoms with E-state index in [1.807, 2.05) is 0 Å². The fourth-order valence-electron chi connectivity index (χ4n) is 5.59. The minimum atomic E-state index is -0.664. The number of amides is 3. The van der Waals surface area contributed by atoms with Gasteiger partial charge in [-0.05, 0) is 121 Å². The molecule has 1 rings (SSSR count). The Morgan fingerprint density at radius 1 is 0.500 bits per heavy atom. The van der Waals surface area contributed by atoms with Crippen molar-refractivity contribution in [3.63, 3.8) is 0 Å². The zero-order valence-corrected chi connectivity index (χ0v) is 36.9. The third-order valence-electron chi connectivity index (χ3n) is 8.91. The molecule has 0 aromatic carbocycles. The number of carbonyl (C=O) groups is 3. The molecule has 7 nitrogen and oxygen atoms in total. The van der Waals surface area contributed by atoms with Crippen LogP contribution in [0, 0.1) is 0 Å². The molecule has 0 aliphatic carbocycles. The van der Waals surface area contributed by atoms with Gasteiger partial charge in [-0.2, -0.15) is 0 Å². The molecule has 1 heterocycles. The lowest BCUT2D eigenvalue weighted by Crippen LogP contribution is -2.43. The van der Waals surface area contributed by atoms with E-state index >= 15 is 0 Å². The van der Waals surface area contributed by atoms with Crippen LogP contribution in [-0.2, 0) is 14.4 Å². The topological polar surface area (TPSA) is 100 Å². The summed E-state index contributed by atoms with van der Waals surface area (Å²) in [5.74, 6) is -0.380. The molecule has 0 aliphatic heterocycles. The second-order valence-electron chi connectivity index (χ2n) is 14.2. The first-order valence-corrected chi connectivity index (χ1v) is 22.5. The van der Waals surface area contributed by atoms with Gasteiger partial charge in [0.1, 0.15) is 6.04 Å². The monoisotopic (exact) mass is 817 g/mol. The van der Waals surface area contributed by atoms with E-state index in [1.54, 1.807) is 24.5 Å². The fourth-order valence-corrected chi connectivity index (χ4v) is 5.59. The van der Waals surface area contributed by atoms with Crippen molar-refractivity contribution < 1.29 is 14.4 Å². The maximum Gasteiger partial charge on any atom is 0.246 e. The molecule has 3 amide bonds. The van der Waals surface area contributed by atoms with Crippen molar-refractivity contribution in [2.24, 2.45) is 0 Å². The van der Waals surface area contributed by atoms with E-state index in [4.69, 9.17) is 0 Å². The quantitative estimate of drug-likeness (QED) is 0.0469. The van der Waals surface area contributed by atoms with E-state index in [-0.39, 0.29) is 17.7 Å². The molecule has 3 N–H and O–H groups in total.